The Morgan fingerprint density at radius 3 is 2.48 bits per heavy atom. The van der Waals surface area contributed by atoms with Gasteiger partial charge in [0.05, 0.1) is 12.2 Å². The third-order valence-electron chi connectivity index (χ3n) is 7.58. The summed E-state index contributed by atoms with van der Waals surface area (Å²) in [6, 6.07) is 5.03. The number of aromatic nitrogens is 2. The first kappa shape index (κ1) is 29.2. The summed E-state index contributed by atoms with van der Waals surface area (Å²) in [6.07, 6.45) is 3.65. The number of carbonyl (C=O) groups excluding carboxylic acids is 4. The summed E-state index contributed by atoms with van der Waals surface area (Å²) in [5.74, 6) is -1.90. The molecule has 0 radical (unpaired) electrons. The molecule has 2 fully saturated rings. The average Bonchev–Trinajstić information content (AvgIpc) is 3.68. The van der Waals surface area contributed by atoms with E-state index in [0.717, 1.165) is 25.9 Å². The van der Waals surface area contributed by atoms with E-state index in [1.807, 2.05) is 20.9 Å². The molecule has 216 valence electrons. The second kappa shape index (κ2) is 13.0. The number of aryl methyl sites for hydroxylation is 1. The zero-order valence-corrected chi connectivity index (χ0v) is 23.3. The van der Waals surface area contributed by atoms with Gasteiger partial charge in [0, 0.05) is 51.3 Å². The minimum Gasteiger partial charge on any atom is -0.344 e. The summed E-state index contributed by atoms with van der Waals surface area (Å²) < 4.78 is 16.5. The highest BCUT2D eigenvalue weighted by atomic mass is 19.1. The van der Waals surface area contributed by atoms with Gasteiger partial charge in [-0.3, -0.25) is 23.9 Å². The number of likely N-dealkylation sites (N-methyl/N-ethyl adjacent to an activating group) is 1. The van der Waals surface area contributed by atoms with Crippen LogP contribution >= 0.6 is 0 Å². The standard InChI is InChI=1S/C28H38FN7O4/c1-4-36-24(9-10-31-36)27(39)30-17-25(37)32-22-8-5-19(15-21(22)29)16-23(33-26(38)18(2)20-6-7-20)28(40)35-13-11-34(3)12-14-35/h5,8-10,15,18,20,23H,4,6-7,11-14,16-17H2,1-3H3,(H,30,39)(H,32,37)(H,33,38). The van der Waals surface area contributed by atoms with Crippen molar-refractivity contribution >= 4 is 29.3 Å². The van der Waals surface area contributed by atoms with E-state index < -0.39 is 23.7 Å². The number of halogens is 1. The van der Waals surface area contributed by atoms with E-state index >= 15 is 0 Å². The topological polar surface area (TPSA) is 129 Å². The summed E-state index contributed by atoms with van der Waals surface area (Å²) in [4.78, 5) is 54.9. The molecule has 1 aliphatic heterocycles. The normalized spacial score (nSPS) is 17.1. The fourth-order valence-corrected chi connectivity index (χ4v) is 4.81. The number of nitrogens with one attached hydrogen (secondary N) is 3. The smallest absolute Gasteiger partial charge is 0.269 e. The monoisotopic (exact) mass is 555 g/mol. The van der Waals surface area contributed by atoms with Gasteiger partial charge in [-0.25, -0.2) is 4.39 Å². The molecule has 2 atom stereocenters. The molecule has 12 heteroatoms. The minimum absolute atomic E-state index is 0.0464. The molecular formula is C28H38FN7O4. The predicted octanol–water partition coefficient (Wildman–Crippen LogP) is 1.26. The molecule has 1 aliphatic carbocycles. The summed E-state index contributed by atoms with van der Waals surface area (Å²) in [5.41, 5.74) is 0.795. The van der Waals surface area contributed by atoms with Crippen molar-refractivity contribution in [2.45, 2.75) is 45.7 Å². The van der Waals surface area contributed by atoms with Gasteiger partial charge >= 0.3 is 0 Å². The van der Waals surface area contributed by atoms with Gasteiger partial charge in [-0.1, -0.05) is 13.0 Å². The van der Waals surface area contributed by atoms with Crippen LogP contribution < -0.4 is 16.0 Å². The molecule has 0 bridgehead atoms. The maximum atomic E-state index is 15.0. The van der Waals surface area contributed by atoms with Crippen LogP contribution in [0.3, 0.4) is 0 Å². The molecule has 2 unspecified atom stereocenters. The van der Waals surface area contributed by atoms with E-state index in [4.69, 9.17) is 0 Å². The van der Waals surface area contributed by atoms with Crippen LogP contribution in [-0.4, -0.2) is 89.0 Å². The summed E-state index contributed by atoms with van der Waals surface area (Å²) in [5, 5.41) is 11.9. The van der Waals surface area contributed by atoms with Gasteiger partial charge < -0.3 is 25.8 Å². The maximum absolute atomic E-state index is 15.0. The fraction of sp³-hybridized carbons (Fsp3) is 0.536. The highest BCUT2D eigenvalue weighted by Crippen LogP contribution is 2.36. The molecule has 2 aromatic rings. The van der Waals surface area contributed by atoms with E-state index in [9.17, 15) is 23.6 Å². The molecule has 0 spiro atoms. The van der Waals surface area contributed by atoms with Gasteiger partial charge in [-0.2, -0.15) is 5.10 Å². The number of rotatable bonds is 11. The van der Waals surface area contributed by atoms with Crippen molar-refractivity contribution in [3.63, 3.8) is 0 Å². The Hall–Kier alpha value is -3.80. The lowest BCUT2D eigenvalue weighted by molar-refractivity contribution is -0.138. The number of nitrogens with zero attached hydrogens (tertiary/aromatic N) is 4. The van der Waals surface area contributed by atoms with Crippen LogP contribution in [0.4, 0.5) is 10.1 Å². The zero-order chi connectivity index (χ0) is 28.8. The number of hydrogen-bond acceptors (Lipinski definition) is 6. The van der Waals surface area contributed by atoms with Crippen LogP contribution in [0.5, 0.6) is 0 Å². The number of carbonyl (C=O) groups is 4. The van der Waals surface area contributed by atoms with Gasteiger partial charge in [0.2, 0.25) is 17.7 Å². The first-order valence-corrected chi connectivity index (χ1v) is 13.8. The average molecular weight is 556 g/mol. The fourth-order valence-electron chi connectivity index (χ4n) is 4.81. The van der Waals surface area contributed by atoms with E-state index in [0.29, 0.717) is 36.8 Å². The summed E-state index contributed by atoms with van der Waals surface area (Å²) >= 11 is 0. The Morgan fingerprint density at radius 2 is 1.82 bits per heavy atom. The molecule has 3 N–H and O–H groups in total. The minimum atomic E-state index is -0.816. The Balaban J connectivity index is 1.38. The van der Waals surface area contributed by atoms with Gasteiger partial charge in [0.25, 0.3) is 5.91 Å². The zero-order valence-electron chi connectivity index (χ0n) is 23.3. The van der Waals surface area contributed by atoms with Crippen LogP contribution in [0, 0.1) is 17.7 Å². The lowest BCUT2D eigenvalue weighted by Crippen LogP contribution is -2.55. The van der Waals surface area contributed by atoms with Crippen molar-refractivity contribution in [2.75, 3.05) is 45.1 Å². The maximum Gasteiger partial charge on any atom is 0.269 e. The van der Waals surface area contributed by atoms with E-state index in [-0.39, 0.29) is 36.4 Å². The molecular weight excluding hydrogens is 517 g/mol. The molecule has 1 saturated carbocycles. The third-order valence-corrected chi connectivity index (χ3v) is 7.58. The lowest BCUT2D eigenvalue weighted by atomic mass is 10.0. The number of amides is 4. The second-order valence-corrected chi connectivity index (χ2v) is 10.6. The van der Waals surface area contributed by atoms with E-state index in [1.54, 1.807) is 17.0 Å². The van der Waals surface area contributed by atoms with E-state index in [2.05, 4.69) is 25.9 Å². The molecule has 4 rings (SSSR count). The number of hydrogen-bond donors (Lipinski definition) is 3. The van der Waals surface area contributed by atoms with Crippen molar-refractivity contribution in [3.8, 4) is 0 Å². The predicted molar refractivity (Wildman–Crippen MR) is 147 cm³/mol. The molecule has 4 amide bonds. The Morgan fingerprint density at radius 1 is 1.10 bits per heavy atom. The lowest BCUT2D eigenvalue weighted by Gasteiger charge is -2.35. The van der Waals surface area contributed by atoms with Crippen molar-refractivity contribution in [2.24, 2.45) is 11.8 Å². The number of benzene rings is 1. The van der Waals surface area contributed by atoms with Crippen LogP contribution in [0.15, 0.2) is 30.5 Å². The van der Waals surface area contributed by atoms with Gasteiger partial charge in [-0.15, -0.1) is 0 Å². The third kappa shape index (κ3) is 7.44. The van der Waals surface area contributed by atoms with Crippen molar-refractivity contribution < 1.29 is 23.6 Å². The molecule has 40 heavy (non-hydrogen) atoms. The molecule has 2 aliphatic rings. The van der Waals surface area contributed by atoms with Crippen molar-refractivity contribution in [1.82, 2.24) is 30.2 Å². The quantitative estimate of drug-likeness (QED) is 0.383. The Kier molecular flexibility index (Phi) is 9.51. The van der Waals surface area contributed by atoms with Gasteiger partial charge in [0.15, 0.2) is 0 Å². The highest BCUT2D eigenvalue weighted by Gasteiger charge is 2.35. The molecule has 11 nitrogen and oxygen atoms in total. The van der Waals surface area contributed by atoms with Crippen molar-refractivity contribution in [1.29, 1.82) is 0 Å². The van der Waals surface area contributed by atoms with Gasteiger partial charge in [0.1, 0.15) is 17.6 Å². The SMILES string of the molecule is CCn1nccc1C(=O)NCC(=O)Nc1ccc(CC(NC(=O)C(C)C2CC2)C(=O)N2CCN(C)CC2)cc1F. The van der Waals surface area contributed by atoms with Crippen LogP contribution in [0.1, 0.15) is 42.7 Å². The highest BCUT2D eigenvalue weighted by molar-refractivity contribution is 5.98. The summed E-state index contributed by atoms with van der Waals surface area (Å²) in [6.45, 7) is 6.50. The van der Waals surface area contributed by atoms with E-state index in [1.165, 1.54) is 23.0 Å². The van der Waals surface area contributed by atoms with Crippen molar-refractivity contribution in [3.05, 3.63) is 47.5 Å². The van der Waals surface area contributed by atoms with Gasteiger partial charge in [-0.05, 0) is 56.5 Å². The number of piperazine rings is 1. The molecule has 1 aromatic carbocycles. The van der Waals surface area contributed by atoms with Crippen LogP contribution in [0.25, 0.3) is 0 Å². The second-order valence-electron chi connectivity index (χ2n) is 10.6. The van der Waals surface area contributed by atoms with Crippen LogP contribution in [0.2, 0.25) is 0 Å². The Labute approximate surface area is 233 Å². The largest absolute Gasteiger partial charge is 0.344 e. The Bertz CT molecular complexity index is 1240. The molecule has 1 saturated heterocycles. The first-order chi connectivity index (χ1) is 19.2. The van der Waals surface area contributed by atoms with Crippen LogP contribution in [-0.2, 0) is 27.3 Å². The first-order valence-electron chi connectivity index (χ1n) is 13.8. The molecule has 2 heterocycles. The summed E-state index contributed by atoms with van der Waals surface area (Å²) in [7, 11) is 2.00. The molecule has 1 aromatic heterocycles. The number of anilines is 1.